The molecule has 2 aromatic carbocycles. The summed E-state index contributed by atoms with van der Waals surface area (Å²) in [5.41, 5.74) is 2.74. The van der Waals surface area contributed by atoms with E-state index in [0.717, 1.165) is 25.9 Å². The zero-order valence-corrected chi connectivity index (χ0v) is 13.0. The van der Waals surface area contributed by atoms with E-state index in [9.17, 15) is 4.79 Å². The van der Waals surface area contributed by atoms with Gasteiger partial charge in [0, 0.05) is 25.9 Å². The molecular formula is C14H10Br2N2O. The summed E-state index contributed by atoms with van der Waals surface area (Å²) in [5.74, 6) is -0.0315. The van der Waals surface area contributed by atoms with Gasteiger partial charge >= 0.3 is 0 Å². The van der Waals surface area contributed by atoms with Crippen LogP contribution in [0.5, 0.6) is 0 Å². The van der Waals surface area contributed by atoms with Crippen LogP contribution in [-0.4, -0.2) is 5.91 Å². The summed E-state index contributed by atoms with van der Waals surface area (Å²) >= 11 is 6.83. The molecule has 96 valence electrons. The lowest BCUT2D eigenvalue weighted by atomic mass is 10.1. The molecule has 0 saturated carbocycles. The Morgan fingerprint density at radius 3 is 2.42 bits per heavy atom. The molecule has 5 heteroatoms. The first-order chi connectivity index (χ1) is 9.13. The number of benzene rings is 2. The van der Waals surface area contributed by atoms with Crippen molar-refractivity contribution in [1.29, 1.82) is 0 Å². The minimum atomic E-state index is -0.353. The number of nitrogens with one attached hydrogen (secondary N) is 2. The summed E-state index contributed by atoms with van der Waals surface area (Å²) in [5, 5.41) is 6.12. The van der Waals surface area contributed by atoms with Crippen molar-refractivity contribution in [2.45, 2.75) is 6.04 Å². The minimum absolute atomic E-state index is 0.0315. The lowest BCUT2D eigenvalue weighted by Gasteiger charge is -2.13. The molecule has 2 N–H and O–H groups in total. The van der Waals surface area contributed by atoms with Crippen LogP contribution in [0.25, 0.3) is 0 Å². The van der Waals surface area contributed by atoms with E-state index >= 15 is 0 Å². The maximum Gasteiger partial charge on any atom is 0.251 e. The highest BCUT2D eigenvalue weighted by molar-refractivity contribution is 9.10. The summed E-state index contributed by atoms with van der Waals surface area (Å²) in [7, 11) is 0. The van der Waals surface area contributed by atoms with E-state index < -0.39 is 0 Å². The Bertz CT molecular complexity index is 640. The van der Waals surface area contributed by atoms with Crippen LogP contribution in [0.2, 0.25) is 0 Å². The average Bonchev–Trinajstić information content (AvgIpc) is 2.69. The van der Waals surface area contributed by atoms with Crippen molar-refractivity contribution in [1.82, 2.24) is 0 Å². The summed E-state index contributed by atoms with van der Waals surface area (Å²) < 4.78 is 1.97. The van der Waals surface area contributed by atoms with E-state index in [4.69, 9.17) is 0 Å². The predicted octanol–water partition coefficient (Wildman–Crippen LogP) is 4.32. The maximum absolute atomic E-state index is 12.0. The fourth-order valence-electron chi connectivity index (χ4n) is 2.09. The van der Waals surface area contributed by atoms with Crippen molar-refractivity contribution in [2.75, 3.05) is 10.6 Å². The number of rotatable bonds is 2. The van der Waals surface area contributed by atoms with E-state index in [2.05, 4.69) is 42.5 Å². The van der Waals surface area contributed by atoms with Crippen molar-refractivity contribution >= 4 is 49.1 Å². The Morgan fingerprint density at radius 2 is 1.68 bits per heavy atom. The third-order valence-electron chi connectivity index (χ3n) is 3.00. The molecule has 0 radical (unpaired) electrons. The van der Waals surface area contributed by atoms with Crippen molar-refractivity contribution in [3.8, 4) is 0 Å². The van der Waals surface area contributed by atoms with Gasteiger partial charge in [0.1, 0.15) is 6.04 Å². The number of hydrogen-bond donors (Lipinski definition) is 2. The quantitative estimate of drug-likeness (QED) is 0.813. The monoisotopic (exact) mass is 380 g/mol. The van der Waals surface area contributed by atoms with E-state index in [1.807, 2.05) is 42.5 Å². The van der Waals surface area contributed by atoms with Gasteiger partial charge in [-0.05, 0) is 42.5 Å². The zero-order valence-electron chi connectivity index (χ0n) is 9.78. The molecule has 3 rings (SSSR count). The number of carbonyl (C=O) groups is 1. The molecule has 1 aliphatic rings. The fraction of sp³-hybridized carbons (Fsp3) is 0.0714. The van der Waals surface area contributed by atoms with Gasteiger partial charge < -0.3 is 10.6 Å². The number of halogens is 2. The van der Waals surface area contributed by atoms with Gasteiger partial charge in [0.25, 0.3) is 5.91 Å². The number of fused-ring (bicyclic) bond motifs is 1. The summed E-state index contributed by atoms with van der Waals surface area (Å²) in [4.78, 5) is 12.0. The van der Waals surface area contributed by atoms with Gasteiger partial charge in [-0.15, -0.1) is 0 Å². The Morgan fingerprint density at radius 1 is 1.00 bits per heavy atom. The molecule has 1 aliphatic heterocycles. The fourth-order valence-corrected chi connectivity index (χ4v) is 2.73. The van der Waals surface area contributed by atoms with Crippen molar-refractivity contribution in [2.24, 2.45) is 0 Å². The lowest BCUT2D eigenvalue weighted by Crippen LogP contribution is -2.19. The first-order valence-electron chi connectivity index (χ1n) is 5.76. The van der Waals surface area contributed by atoms with Crippen LogP contribution in [0.4, 0.5) is 11.4 Å². The zero-order chi connectivity index (χ0) is 13.4. The molecule has 0 spiro atoms. The molecule has 3 nitrogen and oxygen atoms in total. The van der Waals surface area contributed by atoms with Gasteiger partial charge in [0.15, 0.2) is 0 Å². The second-order valence-corrected chi connectivity index (χ2v) is 6.14. The molecule has 1 atom stereocenters. The van der Waals surface area contributed by atoms with Crippen LogP contribution < -0.4 is 10.6 Å². The maximum atomic E-state index is 12.0. The third kappa shape index (κ3) is 2.53. The first-order valence-corrected chi connectivity index (χ1v) is 7.34. The molecule has 19 heavy (non-hydrogen) atoms. The van der Waals surface area contributed by atoms with Gasteiger partial charge in [-0.3, -0.25) is 4.79 Å². The molecule has 0 aliphatic carbocycles. The van der Waals surface area contributed by atoms with Crippen LogP contribution in [0, 0.1) is 0 Å². The predicted molar refractivity (Wildman–Crippen MR) is 83.3 cm³/mol. The Balaban J connectivity index is 1.91. The molecule has 0 bridgehead atoms. The minimum Gasteiger partial charge on any atom is -0.370 e. The first kappa shape index (κ1) is 12.7. The normalized spacial score (nSPS) is 16.9. The number of hydrogen-bond acceptors (Lipinski definition) is 2. The second-order valence-electron chi connectivity index (χ2n) is 4.31. The van der Waals surface area contributed by atoms with Crippen LogP contribution >= 0.6 is 31.9 Å². The van der Waals surface area contributed by atoms with E-state index in [1.54, 1.807) is 0 Å². The molecule has 0 fully saturated rings. The van der Waals surface area contributed by atoms with E-state index in [0.29, 0.717) is 0 Å². The standard InChI is InChI=1S/C14H10Br2N2O/c15-8-1-4-10(5-2-8)17-13-11-7-9(16)3-6-12(11)18-14(13)19/h1-7,13,17H,(H,18,19). The Hall–Kier alpha value is -1.33. The largest absolute Gasteiger partial charge is 0.370 e. The number of carbonyl (C=O) groups excluding carboxylic acids is 1. The van der Waals surface area contributed by atoms with Crippen LogP contribution in [-0.2, 0) is 4.79 Å². The lowest BCUT2D eigenvalue weighted by molar-refractivity contribution is -0.116. The van der Waals surface area contributed by atoms with Gasteiger partial charge in [0.2, 0.25) is 0 Å². The van der Waals surface area contributed by atoms with E-state index in [1.165, 1.54) is 0 Å². The highest BCUT2D eigenvalue weighted by Gasteiger charge is 2.30. The summed E-state index contributed by atoms with van der Waals surface area (Å²) in [6.07, 6.45) is 0. The van der Waals surface area contributed by atoms with Crippen molar-refractivity contribution in [3.05, 3.63) is 57.0 Å². The topological polar surface area (TPSA) is 41.1 Å². The van der Waals surface area contributed by atoms with Gasteiger partial charge in [-0.1, -0.05) is 31.9 Å². The number of amides is 1. The molecule has 1 heterocycles. The molecule has 1 amide bonds. The SMILES string of the molecule is O=C1Nc2ccc(Br)cc2C1Nc1ccc(Br)cc1. The third-order valence-corrected chi connectivity index (χ3v) is 4.02. The van der Waals surface area contributed by atoms with Crippen LogP contribution in [0.3, 0.4) is 0 Å². The molecule has 0 aromatic heterocycles. The van der Waals surface area contributed by atoms with Gasteiger partial charge in [0.05, 0.1) is 0 Å². The van der Waals surface area contributed by atoms with Crippen molar-refractivity contribution < 1.29 is 4.79 Å². The second kappa shape index (κ2) is 4.98. The van der Waals surface area contributed by atoms with Crippen molar-refractivity contribution in [3.63, 3.8) is 0 Å². The average molecular weight is 382 g/mol. The smallest absolute Gasteiger partial charge is 0.251 e. The highest BCUT2D eigenvalue weighted by Crippen LogP contribution is 2.35. The van der Waals surface area contributed by atoms with E-state index in [-0.39, 0.29) is 11.9 Å². The summed E-state index contributed by atoms with van der Waals surface area (Å²) in [6, 6.07) is 13.2. The van der Waals surface area contributed by atoms with Crippen LogP contribution in [0.15, 0.2) is 51.4 Å². The Kier molecular flexibility index (Phi) is 3.33. The summed E-state index contributed by atoms with van der Waals surface area (Å²) in [6.45, 7) is 0. The molecule has 1 unspecified atom stereocenters. The highest BCUT2D eigenvalue weighted by atomic mass is 79.9. The Labute approximate surface area is 127 Å². The van der Waals surface area contributed by atoms with Gasteiger partial charge in [-0.2, -0.15) is 0 Å². The van der Waals surface area contributed by atoms with Crippen LogP contribution in [0.1, 0.15) is 11.6 Å². The number of anilines is 2. The molecule has 0 saturated heterocycles. The van der Waals surface area contributed by atoms with Gasteiger partial charge in [-0.25, -0.2) is 0 Å². The molecule has 2 aromatic rings. The molecular weight excluding hydrogens is 372 g/mol.